The van der Waals surface area contributed by atoms with Crippen molar-refractivity contribution in [1.82, 2.24) is 0 Å². The largest absolute Gasteiger partial charge is 0.495 e. The molecule has 1 rings (SSSR count). The van der Waals surface area contributed by atoms with E-state index >= 15 is 0 Å². The van der Waals surface area contributed by atoms with Crippen molar-refractivity contribution in [2.75, 3.05) is 0 Å². The van der Waals surface area contributed by atoms with Gasteiger partial charge in [-0.05, 0) is 18.1 Å². The van der Waals surface area contributed by atoms with Crippen LogP contribution in [-0.4, -0.2) is 33.6 Å². The second-order valence-corrected chi connectivity index (χ2v) is 18.0. The van der Waals surface area contributed by atoms with Crippen molar-refractivity contribution < 1.29 is 23.3 Å². The third-order valence-electron chi connectivity index (χ3n) is 4.27. The Morgan fingerprint density at radius 3 is 2.00 bits per heavy atom. The molecule has 0 aromatic carbocycles. The zero-order chi connectivity index (χ0) is 17.5. The molecule has 0 unspecified atom stereocenters. The second-order valence-electron chi connectivity index (χ2n) is 8.25. The van der Waals surface area contributed by atoms with Gasteiger partial charge < -0.3 is 18.9 Å². The lowest BCUT2D eigenvalue weighted by Crippen LogP contribution is -2.43. The summed E-state index contributed by atoms with van der Waals surface area (Å²) in [5.41, 5.74) is -0.184. The molecular weight excluding hydrogens is 318 g/mol. The Morgan fingerprint density at radius 2 is 1.64 bits per heavy atom. The summed E-state index contributed by atoms with van der Waals surface area (Å²) in [7, 11) is -5.98. The van der Waals surface area contributed by atoms with Crippen molar-refractivity contribution in [2.24, 2.45) is 0 Å². The Labute approximate surface area is 135 Å². The quantitative estimate of drug-likeness (QED) is 0.802. The van der Waals surface area contributed by atoms with E-state index < -0.39 is 29.3 Å². The van der Waals surface area contributed by atoms with Gasteiger partial charge in [0.1, 0.15) is 19.2 Å². The van der Waals surface area contributed by atoms with Crippen LogP contribution in [0.25, 0.3) is 0 Å². The Morgan fingerprint density at radius 1 is 1.14 bits per heavy atom. The van der Waals surface area contributed by atoms with Gasteiger partial charge in [0.25, 0.3) is 0 Å². The third-order valence-corrected chi connectivity index (χ3v) is 10.4. The molecule has 4 nitrogen and oxygen atoms in total. The minimum Gasteiger partial charge on any atom is -0.466 e. The van der Waals surface area contributed by atoms with Crippen LogP contribution in [0.15, 0.2) is 4.42 Å². The fourth-order valence-corrected chi connectivity index (χ4v) is 3.92. The van der Waals surface area contributed by atoms with Crippen LogP contribution < -0.4 is 10.8 Å². The molecule has 0 bridgehead atoms. The minimum absolute atomic E-state index is 0.0116. The van der Waals surface area contributed by atoms with Gasteiger partial charge in [0.15, 0.2) is 14.1 Å². The highest BCUT2D eigenvalue weighted by atomic mass is 28.4. The molecule has 0 atom stereocenters. The number of rotatable bonds is 5. The molecule has 0 saturated heterocycles. The van der Waals surface area contributed by atoms with Crippen LogP contribution in [0.3, 0.4) is 0 Å². The first kappa shape index (κ1) is 19.6. The normalized spacial score (nSPS) is 13.6. The molecule has 1 aromatic heterocycles. The number of hydrogen-bond acceptors (Lipinski definition) is 4. The summed E-state index contributed by atoms with van der Waals surface area (Å²) in [5, 5.41) is 19.2. The lowest BCUT2D eigenvalue weighted by molar-refractivity contribution is 0.249. The number of furan rings is 1. The standard InChI is InChI=1S/C14H28BFO4Si2/c1-14(2,3)22(7,8)19-9-10-11(15(17)18)12(16)13(20-10)21(4,5)6/h17-18H,9H2,1-8H3. The van der Waals surface area contributed by atoms with Crippen LogP contribution in [-0.2, 0) is 11.0 Å². The predicted molar refractivity (Wildman–Crippen MR) is 93.5 cm³/mol. The molecule has 0 amide bonds. The molecular formula is C14H28BFO4Si2. The van der Waals surface area contributed by atoms with Crippen LogP contribution in [0.4, 0.5) is 4.39 Å². The lowest BCUT2D eigenvalue weighted by Gasteiger charge is -2.35. The van der Waals surface area contributed by atoms with E-state index in [1.54, 1.807) is 0 Å². The van der Waals surface area contributed by atoms with Crippen molar-refractivity contribution >= 4 is 34.4 Å². The maximum absolute atomic E-state index is 14.5. The maximum Gasteiger partial charge on any atom is 0.495 e. The Hall–Kier alpha value is -0.411. The Balaban J connectivity index is 3.15. The van der Waals surface area contributed by atoms with E-state index in [1.807, 2.05) is 19.6 Å². The van der Waals surface area contributed by atoms with E-state index in [4.69, 9.17) is 8.84 Å². The van der Waals surface area contributed by atoms with Crippen molar-refractivity contribution in [3.63, 3.8) is 0 Å². The summed E-state index contributed by atoms with van der Waals surface area (Å²) in [6.45, 7) is 16.4. The minimum atomic E-state index is -2.05. The molecule has 1 aromatic rings. The van der Waals surface area contributed by atoms with Crippen molar-refractivity contribution in [2.45, 2.75) is 65.2 Å². The molecule has 0 radical (unpaired) electrons. The van der Waals surface area contributed by atoms with Gasteiger partial charge in [-0.2, -0.15) is 0 Å². The topological polar surface area (TPSA) is 62.8 Å². The molecule has 1 heterocycles. The zero-order valence-electron chi connectivity index (χ0n) is 14.9. The molecule has 126 valence electrons. The van der Waals surface area contributed by atoms with Gasteiger partial charge in [-0.25, -0.2) is 4.39 Å². The smallest absolute Gasteiger partial charge is 0.466 e. The monoisotopic (exact) mass is 346 g/mol. The van der Waals surface area contributed by atoms with Gasteiger partial charge in [0.2, 0.25) is 0 Å². The van der Waals surface area contributed by atoms with Crippen LogP contribution in [0.1, 0.15) is 26.5 Å². The van der Waals surface area contributed by atoms with Crippen molar-refractivity contribution in [1.29, 1.82) is 0 Å². The zero-order valence-corrected chi connectivity index (χ0v) is 16.9. The average Bonchev–Trinajstić information content (AvgIpc) is 2.61. The molecule has 0 aliphatic carbocycles. The maximum atomic E-state index is 14.5. The van der Waals surface area contributed by atoms with E-state index in [0.717, 1.165) is 0 Å². The summed E-state index contributed by atoms with van der Waals surface area (Å²) in [4.78, 5) is 0. The van der Waals surface area contributed by atoms with Gasteiger partial charge in [-0.1, -0.05) is 40.4 Å². The fourth-order valence-electron chi connectivity index (χ4n) is 1.78. The predicted octanol–water partition coefficient (Wildman–Crippen LogP) is 2.17. The molecule has 0 aliphatic rings. The van der Waals surface area contributed by atoms with E-state index in [2.05, 4.69) is 33.9 Å². The van der Waals surface area contributed by atoms with Gasteiger partial charge >= 0.3 is 7.12 Å². The summed E-state index contributed by atoms with van der Waals surface area (Å²) >= 11 is 0. The highest BCUT2D eigenvalue weighted by molar-refractivity contribution is 6.88. The highest BCUT2D eigenvalue weighted by Crippen LogP contribution is 2.37. The SMILES string of the molecule is CC(C)(C)[Si](C)(C)OCc1oc([Si](C)(C)C)c(F)c1B(O)O. The molecule has 22 heavy (non-hydrogen) atoms. The van der Waals surface area contributed by atoms with Gasteiger partial charge in [0, 0.05) is 0 Å². The molecule has 0 aliphatic heterocycles. The molecule has 8 heteroatoms. The summed E-state index contributed by atoms with van der Waals surface area (Å²) in [5.74, 6) is -0.447. The Bertz CT molecular complexity index is 530. The van der Waals surface area contributed by atoms with Crippen LogP contribution in [0, 0.1) is 5.82 Å². The average molecular weight is 346 g/mol. The van der Waals surface area contributed by atoms with Crippen LogP contribution in [0.5, 0.6) is 0 Å². The van der Waals surface area contributed by atoms with E-state index in [9.17, 15) is 14.4 Å². The van der Waals surface area contributed by atoms with Crippen molar-refractivity contribution in [3.8, 4) is 0 Å². The molecule has 2 N–H and O–H groups in total. The van der Waals surface area contributed by atoms with Gasteiger partial charge in [-0.3, -0.25) is 0 Å². The molecule has 0 spiro atoms. The molecule has 0 saturated carbocycles. The highest BCUT2D eigenvalue weighted by Gasteiger charge is 2.39. The van der Waals surface area contributed by atoms with E-state index in [1.165, 1.54) is 0 Å². The fraction of sp³-hybridized carbons (Fsp3) is 0.714. The number of halogens is 1. The van der Waals surface area contributed by atoms with E-state index in [0.29, 0.717) is 0 Å². The first-order chi connectivity index (χ1) is 9.68. The van der Waals surface area contributed by atoms with E-state index in [-0.39, 0.29) is 28.3 Å². The molecule has 0 fully saturated rings. The number of hydrogen-bond donors (Lipinski definition) is 2. The second kappa shape index (κ2) is 6.24. The Kier molecular flexibility index (Phi) is 5.57. The first-order valence-corrected chi connectivity index (χ1v) is 13.9. The first-order valence-electron chi connectivity index (χ1n) is 7.50. The summed E-state index contributed by atoms with van der Waals surface area (Å²) in [6, 6.07) is 0. The lowest BCUT2D eigenvalue weighted by atomic mass is 9.80. The van der Waals surface area contributed by atoms with Gasteiger partial charge in [0.05, 0.1) is 12.1 Å². The third kappa shape index (κ3) is 4.11. The van der Waals surface area contributed by atoms with Crippen LogP contribution >= 0.6 is 0 Å². The summed E-state index contributed by atoms with van der Waals surface area (Å²) < 4.78 is 26.1. The van der Waals surface area contributed by atoms with Gasteiger partial charge in [-0.15, -0.1) is 0 Å². The van der Waals surface area contributed by atoms with Crippen LogP contribution in [0.2, 0.25) is 37.8 Å². The van der Waals surface area contributed by atoms with Crippen molar-refractivity contribution in [3.05, 3.63) is 11.6 Å². The summed E-state index contributed by atoms with van der Waals surface area (Å²) in [6.07, 6.45) is 0.